The number of aryl methyl sites for hydroxylation is 1. The van der Waals surface area contributed by atoms with Crippen LogP contribution in [0.25, 0.3) is 5.65 Å². The lowest BCUT2D eigenvalue weighted by Gasteiger charge is -2.24. The molecule has 1 unspecified atom stereocenters. The number of anilines is 1. The number of fused-ring (bicyclic) bond motifs is 1. The molecule has 0 radical (unpaired) electrons. The highest BCUT2D eigenvalue weighted by Gasteiger charge is 2.18. The third-order valence-corrected chi connectivity index (χ3v) is 3.27. The quantitative estimate of drug-likeness (QED) is 0.360. The van der Waals surface area contributed by atoms with Gasteiger partial charge in [0.15, 0.2) is 5.82 Å². The van der Waals surface area contributed by atoms with Crippen molar-refractivity contribution in [3.05, 3.63) is 18.2 Å². The molecule has 0 aliphatic heterocycles. The van der Waals surface area contributed by atoms with Crippen molar-refractivity contribution in [1.29, 1.82) is 0 Å². The van der Waals surface area contributed by atoms with E-state index in [4.69, 9.17) is 10.9 Å². The Bertz CT molecular complexity index is 621. The van der Waals surface area contributed by atoms with Crippen LogP contribution >= 0.6 is 0 Å². The molecule has 20 heavy (non-hydrogen) atoms. The summed E-state index contributed by atoms with van der Waals surface area (Å²) in [6, 6.07) is 0. The van der Waals surface area contributed by atoms with Crippen molar-refractivity contribution >= 4 is 17.3 Å². The van der Waals surface area contributed by atoms with Gasteiger partial charge >= 0.3 is 0 Å². The molecule has 1 atom stereocenters. The zero-order valence-corrected chi connectivity index (χ0v) is 11.9. The number of hydrogen-bond donors (Lipinski definition) is 2. The fourth-order valence-corrected chi connectivity index (χ4v) is 2.04. The largest absolute Gasteiger partial charge is 0.409 e. The minimum atomic E-state index is -0.0916. The molecule has 2 heterocycles. The van der Waals surface area contributed by atoms with Gasteiger partial charge in [-0.05, 0) is 13.8 Å². The number of oxime groups is 1. The smallest absolute Gasteiger partial charge is 0.203 e. The number of aromatic nitrogens is 4. The normalized spacial score (nSPS) is 13.7. The lowest BCUT2D eigenvalue weighted by atomic mass is 10.1. The van der Waals surface area contributed by atoms with Crippen LogP contribution < -0.4 is 10.6 Å². The Kier molecular flexibility index (Phi) is 4.02. The van der Waals surface area contributed by atoms with E-state index >= 15 is 0 Å². The monoisotopic (exact) mass is 277 g/mol. The van der Waals surface area contributed by atoms with Gasteiger partial charge in [0.2, 0.25) is 5.65 Å². The SMILES string of the molecule is CCN(CC(C)C(N)=NO)c1nccn2c(C)nnc12. The number of amidine groups is 1. The zero-order chi connectivity index (χ0) is 14.7. The van der Waals surface area contributed by atoms with Gasteiger partial charge in [-0.25, -0.2) is 4.98 Å². The van der Waals surface area contributed by atoms with Gasteiger partial charge < -0.3 is 15.8 Å². The van der Waals surface area contributed by atoms with Crippen LogP contribution in [0.3, 0.4) is 0 Å². The average molecular weight is 277 g/mol. The summed E-state index contributed by atoms with van der Waals surface area (Å²) in [5.74, 6) is 1.66. The van der Waals surface area contributed by atoms with Crippen molar-refractivity contribution in [2.24, 2.45) is 16.8 Å². The molecule has 108 valence electrons. The molecule has 2 aromatic rings. The summed E-state index contributed by atoms with van der Waals surface area (Å²) in [7, 11) is 0. The number of nitrogens with zero attached hydrogens (tertiary/aromatic N) is 6. The van der Waals surface area contributed by atoms with Crippen molar-refractivity contribution in [2.75, 3.05) is 18.0 Å². The van der Waals surface area contributed by atoms with E-state index in [1.165, 1.54) is 0 Å². The topological polar surface area (TPSA) is 105 Å². The Morgan fingerprint density at radius 3 is 2.95 bits per heavy atom. The van der Waals surface area contributed by atoms with Crippen LogP contribution in [0.15, 0.2) is 17.5 Å². The van der Waals surface area contributed by atoms with Gasteiger partial charge in [0, 0.05) is 31.4 Å². The molecule has 3 N–H and O–H groups in total. The maximum Gasteiger partial charge on any atom is 0.203 e. The highest BCUT2D eigenvalue weighted by Crippen LogP contribution is 2.18. The van der Waals surface area contributed by atoms with Crippen molar-refractivity contribution in [3.63, 3.8) is 0 Å². The second kappa shape index (κ2) is 5.72. The highest BCUT2D eigenvalue weighted by molar-refractivity contribution is 5.82. The van der Waals surface area contributed by atoms with E-state index in [1.807, 2.05) is 36.3 Å². The highest BCUT2D eigenvalue weighted by atomic mass is 16.4. The van der Waals surface area contributed by atoms with Crippen LogP contribution in [-0.2, 0) is 0 Å². The molecule has 0 saturated carbocycles. The number of rotatable bonds is 5. The number of hydrogen-bond acceptors (Lipinski definition) is 6. The summed E-state index contributed by atoms with van der Waals surface area (Å²) in [6.07, 6.45) is 3.55. The van der Waals surface area contributed by atoms with Crippen LogP contribution in [0.2, 0.25) is 0 Å². The predicted octanol–water partition coefficient (Wildman–Crippen LogP) is 0.642. The minimum Gasteiger partial charge on any atom is -0.409 e. The molecular weight excluding hydrogens is 258 g/mol. The molecule has 0 spiro atoms. The van der Waals surface area contributed by atoms with Gasteiger partial charge in [-0.15, -0.1) is 10.2 Å². The fourth-order valence-electron chi connectivity index (χ4n) is 2.04. The Hall–Kier alpha value is -2.38. The van der Waals surface area contributed by atoms with Crippen molar-refractivity contribution < 1.29 is 5.21 Å². The van der Waals surface area contributed by atoms with E-state index in [2.05, 4.69) is 20.3 Å². The second-order valence-corrected chi connectivity index (χ2v) is 4.66. The molecule has 0 aromatic carbocycles. The van der Waals surface area contributed by atoms with Crippen LogP contribution in [0.5, 0.6) is 0 Å². The third-order valence-electron chi connectivity index (χ3n) is 3.27. The van der Waals surface area contributed by atoms with E-state index in [-0.39, 0.29) is 11.8 Å². The van der Waals surface area contributed by atoms with Crippen LogP contribution in [-0.4, -0.2) is 43.7 Å². The van der Waals surface area contributed by atoms with Crippen molar-refractivity contribution in [1.82, 2.24) is 19.6 Å². The summed E-state index contributed by atoms with van der Waals surface area (Å²) < 4.78 is 1.89. The van der Waals surface area contributed by atoms with Gasteiger partial charge in [-0.2, -0.15) is 0 Å². The summed E-state index contributed by atoms with van der Waals surface area (Å²) in [5.41, 5.74) is 6.34. The molecule has 0 bridgehead atoms. The molecule has 2 rings (SSSR count). The van der Waals surface area contributed by atoms with E-state index in [0.29, 0.717) is 12.2 Å². The Labute approximate surface area is 116 Å². The molecule has 0 amide bonds. The Morgan fingerprint density at radius 2 is 2.30 bits per heavy atom. The third kappa shape index (κ3) is 2.49. The minimum absolute atomic E-state index is 0.0916. The summed E-state index contributed by atoms with van der Waals surface area (Å²) in [5, 5.41) is 20.0. The fraction of sp³-hybridized carbons (Fsp3) is 0.500. The van der Waals surface area contributed by atoms with Gasteiger partial charge in [0.25, 0.3) is 0 Å². The van der Waals surface area contributed by atoms with Crippen LogP contribution in [0.1, 0.15) is 19.7 Å². The second-order valence-electron chi connectivity index (χ2n) is 4.66. The van der Waals surface area contributed by atoms with Gasteiger partial charge in [0.1, 0.15) is 11.7 Å². The molecule has 0 fully saturated rings. The maximum absolute atomic E-state index is 8.74. The summed E-state index contributed by atoms with van der Waals surface area (Å²) in [6.45, 7) is 7.13. The lowest BCUT2D eigenvalue weighted by Crippen LogP contribution is -2.35. The Balaban J connectivity index is 2.35. The van der Waals surface area contributed by atoms with E-state index < -0.39 is 0 Å². The molecule has 2 aromatic heterocycles. The maximum atomic E-state index is 8.74. The number of nitrogens with two attached hydrogens (primary N) is 1. The standard InChI is InChI=1S/C12H19N7O/c1-4-18(7-8(2)10(13)17-20)11-12-16-15-9(3)19(12)6-5-14-11/h5-6,8,20H,4,7H2,1-3H3,(H2,13,17). The van der Waals surface area contributed by atoms with E-state index in [0.717, 1.165) is 18.2 Å². The summed E-state index contributed by atoms with van der Waals surface area (Å²) in [4.78, 5) is 6.42. The van der Waals surface area contributed by atoms with Crippen LogP contribution in [0.4, 0.5) is 5.82 Å². The first-order chi connectivity index (χ1) is 9.58. The van der Waals surface area contributed by atoms with Crippen molar-refractivity contribution in [2.45, 2.75) is 20.8 Å². The first-order valence-electron chi connectivity index (χ1n) is 6.47. The zero-order valence-electron chi connectivity index (χ0n) is 11.9. The van der Waals surface area contributed by atoms with Gasteiger partial charge in [-0.3, -0.25) is 4.40 Å². The van der Waals surface area contributed by atoms with E-state index in [9.17, 15) is 0 Å². The average Bonchev–Trinajstić information content (AvgIpc) is 2.85. The Morgan fingerprint density at radius 1 is 1.55 bits per heavy atom. The van der Waals surface area contributed by atoms with Gasteiger partial charge in [0.05, 0.1) is 0 Å². The van der Waals surface area contributed by atoms with E-state index in [1.54, 1.807) is 6.20 Å². The first kappa shape index (κ1) is 14.0. The molecule has 0 aliphatic carbocycles. The van der Waals surface area contributed by atoms with Crippen LogP contribution in [0, 0.1) is 12.8 Å². The van der Waals surface area contributed by atoms with Gasteiger partial charge in [-0.1, -0.05) is 12.1 Å². The lowest BCUT2D eigenvalue weighted by molar-refractivity contribution is 0.314. The molecular formula is C12H19N7O. The first-order valence-corrected chi connectivity index (χ1v) is 6.47. The molecule has 8 nitrogen and oxygen atoms in total. The summed E-state index contributed by atoms with van der Waals surface area (Å²) >= 11 is 0. The van der Waals surface area contributed by atoms with Crippen molar-refractivity contribution in [3.8, 4) is 0 Å². The molecule has 8 heteroatoms. The molecule has 0 aliphatic rings. The predicted molar refractivity (Wildman–Crippen MR) is 76.0 cm³/mol. The molecule has 0 saturated heterocycles.